The van der Waals surface area contributed by atoms with Gasteiger partial charge in [0.1, 0.15) is 5.75 Å². The summed E-state index contributed by atoms with van der Waals surface area (Å²) in [7, 11) is 0. The minimum atomic E-state index is -0.446. The van der Waals surface area contributed by atoms with Crippen molar-refractivity contribution in [3.63, 3.8) is 0 Å². The molecular weight excluding hydrogens is 342 g/mol. The highest BCUT2D eigenvalue weighted by Gasteiger charge is 2.18. The van der Waals surface area contributed by atoms with Crippen LogP contribution in [0, 0.1) is 20.8 Å². The number of carbonyl (C=O) groups excluding carboxylic acids is 1. The first kappa shape index (κ1) is 20.4. The van der Waals surface area contributed by atoms with Crippen LogP contribution >= 0.6 is 11.8 Å². The summed E-state index contributed by atoms with van der Waals surface area (Å²) < 4.78 is 5.93. The zero-order chi connectivity index (χ0) is 18.9. The van der Waals surface area contributed by atoms with Crippen LogP contribution < -0.4 is 10.1 Å². The number of thioether (sulfide) groups is 1. The molecule has 26 heavy (non-hydrogen) atoms. The molecule has 1 N–H and O–H groups in total. The third-order valence-corrected chi connectivity index (χ3v) is 5.19. The highest BCUT2D eigenvalue weighted by atomic mass is 32.2. The van der Waals surface area contributed by atoms with E-state index in [-0.39, 0.29) is 5.91 Å². The molecule has 0 aromatic heterocycles. The average molecular weight is 372 g/mol. The lowest BCUT2D eigenvalue weighted by Gasteiger charge is -2.19. The zero-order valence-corrected chi connectivity index (χ0v) is 17.0. The number of aryl methyl sites for hydroxylation is 3. The van der Waals surface area contributed by atoms with E-state index in [1.807, 2.05) is 37.7 Å². The fourth-order valence-corrected chi connectivity index (χ4v) is 3.57. The van der Waals surface area contributed by atoms with Crippen molar-refractivity contribution in [2.24, 2.45) is 0 Å². The quantitative estimate of drug-likeness (QED) is 0.642. The Morgan fingerprint density at radius 2 is 1.88 bits per heavy atom. The highest BCUT2D eigenvalue weighted by Crippen LogP contribution is 2.21. The number of hydrogen-bond donors (Lipinski definition) is 1. The van der Waals surface area contributed by atoms with Gasteiger partial charge in [0.05, 0.1) is 0 Å². The Morgan fingerprint density at radius 1 is 1.12 bits per heavy atom. The van der Waals surface area contributed by atoms with Gasteiger partial charge in [0, 0.05) is 18.1 Å². The first-order chi connectivity index (χ1) is 12.5. The maximum atomic E-state index is 12.4. The lowest BCUT2D eigenvalue weighted by molar-refractivity contribution is -0.128. The summed E-state index contributed by atoms with van der Waals surface area (Å²) in [6.07, 6.45) is 0.202. The van der Waals surface area contributed by atoms with Crippen molar-refractivity contribution >= 4 is 17.7 Å². The molecule has 2 aromatic carbocycles. The Balaban J connectivity index is 1.74. The molecule has 2 rings (SSSR count). The fraction of sp³-hybridized carbons (Fsp3) is 0.409. The molecule has 0 aliphatic heterocycles. The molecule has 3 nitrogen and oxygen atoms in total. The van der Waals surface area contributed by atoms with Gasteiger partial charge in [0.25, 0.3) is 5.91 Å². The second-order valence-corrected chi connectivity index (χ2v) is 7.72. The van der Waals surface area contributed by atoms with E-state index in [4.69, 9.17) is 4.74 Å². The van der Waals surface area contributed by atoms with Gasteiger partial charge in [-0.1, -0.05) is 54.4 Å². The molecule has 0 heterocycles. The monoisotopic (exact) mass is 371 g/mol. The van der Waals surface area contributed by atoms with Crippen LogP contribution in [0.4, 0.5) is 0 Å². The predicted octanol–water partition coefficient (Wildman–Crippen LogP) is 4.82. The molecule has 0 radical (unpaired) electrons. The van der Waals surface area contributed by atoms with Gasteiger partial charge in [0.15, 0.2) is 6.10 Å². The van der Waals surface area contributed by atoms with Gasteiger partial charge in [-0.3, -0.25) is 4.79 Å². The van der Waals surface area contributed by atoms with Crippen molar-refractivity contribution < 1.29 is 9.53 Å². The van der Waals surface area contributed by atoms with Crippen LogP contribution in [0.25, 0.3) is 0 Å². The molecule has 0 aliphatic carbocycles. The van der Waals surface area contributed by atoms with E-state index in [0.29, 0.717) is 13.0 Å². The number of ether oxygens (including phenoxy) is 1. The lowest BCUT2D eigenvalue weighted by atomic mass is 10.1. The SMILES string of the molecule is CC[C@@H](Oc1ccc(C)cc1C)C(=O)NCCSCc1cccc(C)c1. The van der Waals surface area contributed by atoms with Gasteiger partial charge < -0.3 is 10.1 Å². The minimum Gasteiger partial charge on any atom is -0.480 e. The van der Waals surface area contributed by atoms with E-state index in [2.05, 4.69) is 49.5 Å². The molecule has 0 fully saturated rings. The van der Waals surface area contributed by atoms with Crippen molar-refractivity contribution in [2.75, 3.05) is 12.3 Å². The Morgan fingerprint density at radius 3 is 2.58 bits per heavy atom. The standard InChI is InChI=1S/C22H29NO2S/c1-5-20(25-21-10-9-17(3)13-18(21)4)22(24)23-11-12-26-15-19-8-6-7-16(2)14-19/h6-10,13-14,20H,5,11-12,15H2,1-4H3,(H,23,24)/t20-/m1/s1. The number of carbonyl (C=O) groups is 1. The molecule has 0 saturated carbocycles. The number of hydrogen-bond acceptors (Lipinski definition) is 3. The molecule has 0 bridgehead atoms. The summed E-state index contributed by atoms with van der Waals surface area (Å²) >= 11 is 1.83. The molecular formula is C22H29NO2S. The summed E-state index contributed by atoms with van der Waals surface area (Å²) in [6, 6.07) is 14.6. The van der Waals surface area contributed by atoms with Crippen LogP contribution in [-0.4, -0.2) is 24.3 Å². The number of rotatable bonds is 9. The van der Waals surface area contributed by atoms with E-state index in [1.165, 1.54) is 16.7 Å². The molecule has 0 aliphatic rings. The number of benzene rings is 2. The van der Waals surface area contributed by atoms with Crippen molar-refractivity contribution in [1.82, 2.24) is 5.32 Å². The molecule has 4 heteroatoms. The Hall–Kier alpha value is -1.94. The predicted molar refractivity (Wildman–Crippen MR) is 111 cm³/mol. The van der Waals surface area contributed by atoms with E-state index in [0.717, 1.165) is 22.8 Å². The number of nitrogens with one attached hydrogen (secondary N) is 1. The molecule has 1 amide bonds. The minimum absolute atomic E-state index is 0.0383. The van der Waals surface area contributed by atoms with E-state index in [1.54, 1.807) is 0 Å². The average Bonchev–Trinajstić information content (AvgIpc) is 2.60. The van der Waals surface area contributed by atoms with Gasteiger partial charge in [0.2, 0.25) is 0 Å². The number of amides is 1. The van der Waals surface area contributed by atoms with Gasteiger partial charge >= 0.3 is 0 Å². The lowest BCUT2D eigenvalue weighted by Crippen LogP contribution is -2.39. The van der Waals surface area contributed by atoms with Crippen LogP contribution in [0.2, 0.25) is 0 Å². The fourth-order valence-electron chi connectivity index (χ4n) is 2.76. The van der Waals surface area contributed by atoms with Crippen molar-refractivity contribution in [3.05, 3.63) is 64.7 Å². The zero-order valence-electron chi connectivity index (χ0n) is 16.2. The third kappa shape index (κ3) is 6.41. The first-order valence-corrected chi connectivity index (χ1v) is 10.3. The first-order valence-electron chi connectivity index (χ1n) is 9.14. The van der Waals surface area contributed by atoms with E-state index < -0.39 is 6.10 Å². The molecule has 2 aromatic rings. The smallest absolute Gasteiger partial charge is 0.261 e. The summed E-state index contributed by atoms with van der Waals surface area (Å²) in [6.45, 7) is 8.79. The van der Waals surface area contributed by atoms with Crippen molar-refractivity contribution in [3.8, 4) is 5.75 Å². The highest BCUT2D eigenvalue weighted by molar-refractivity contribution is 7.98. The van der Waals surface area contributed by atoms with Gasteiger partial charge in [-0.25, -0.2) is 0 Å². The second-order valence-electron chi connectivity index (χ2n) is 6.62. The molecule has 0 spiro atoms. The van der Waals surface area contributed by atoms with E-state index in [9.17, 15) is 4.79 Å². The molecule has 1 atom stereocenters. The van der Waals surface area contributed by atoms with Gasteiger partial charge in [-0.2, -0.15) is 11.8 Å². The van der Waals surface area contributed by atoms with Crippen molar-refractivity contribution in [1.29, 1.82) is 0 Å². The van der Waals surface area contributed by atoms with Crippen LogP contribution in [0.1, 0.15) is 35.6 Å². The second kappa shape index (κ2) is 10.3. The van der Waals surface area contributed by atoms with E-state index >= 15 is 0 Å². The molecule has 140 valence electrons. The topological polar surface area (TPSA) is 38.3 Å². The normalized spacial score (nSPS) is 11.8. The third-order valence-electron chi connectivity index (χ3n) is 4.16. The molecule has 0 unspecified atom stereocenters. The maximum Gasteiger partial charge on any atom is 0.261 e. The largest absolute Gasteiger partial charge is 0.480 e. The molecule has 0 saturated heterocycles. The Labute approximate surface area is 161 Å². The van der Waals surface area contributed by atoms with Gasteiger partial charge in [-0.05, 0) is 44.4 Å². The Kier molecular flexibility index (Phi) is 8.05. The van der Waals surface area contributed by atoms with Crippen LogP contribution in [0.5, 0.6) is 5.75 Å². The summed E-state index contributed by atoms with van der Waals surface area (Å²) in [4.78, 5) is 12.4. The van der Waals surface area contributed by atoms with Crippen molar-refractivity contribution in [2.45, 2.75) is 46.0 Å². The summed E-state index contributed by atoms with van der Waals surface area (Å²) in [5, 5.41) is 3.00. The maximum absolute atomic E-state index is 12.4. The van der Waals surface area contributed by atoms with Crippen LogP contribution in [0.3, 0.4) is 0 Å². The summed E-state index contributed by atoms with van der Waals surface area (Å²) in [5.41, 5.74) is 4.86. The van der Waals surface area contributed by atoms with Crippen LogP contribution in [0.15, 0.2) is 42.5 Å². The summed E-state index contributed by atoms with van der Waals surface area (Å²) in [5.74, 6) is 2.60. The Bertz CT molecular complexity index is 730. The van der Waals surface area contributed by atoms with Crippen LogP contribution in [-0.2, 0) is 10.5 Å². The van der Waals surface area contributed by atoms with Gasteiger partial charge in [-0.15, -0.1) is 0 Å².